The molecule has 0 amide bonds. The summed E-state index contributed by atoms with van der Waals surface area (Å²) in [4.78, 5) is 11.6. The zero-order valence-corrected chi connectivity index (χ0v) is 12.8. The van der Waals surface area contributed by atoms with E-state index in [1.54, 1.807) is 0 Å². The van der Waals surface area contributed by atoms with Gasteiger partial charge in [0.05, 0.1) is 0 Å². The molecule has 1 aliphatic carbocycles. The van der Waals surface area contributed by atoms with Gasteiger partial charge in [-0.25, -0.2) is 0 Å². The Morgan fingerprint density at radius 1 is 1.35 bits per heavy atom. The van der Waals surface area contributed by atoms with E-state index in [0.717, 1.165) is 17.7 Å². The molecule has 0 heterocycles. The maximum absolute atomic E-state index is 11.6. The van der Waals surface area contributed by atoms with Crippen molar-refractivity contribution in [1.82, 2.24) is 0 Å². The van der Waals surface area contributed by atoms with Crippen LogP contribution in [0.3, 0.4) is 0 Å². The largest absolute Gasteiger partial charge is 0.486 e. The molecule has 0 spiro atoms. The molecule has 3 nitrogen and oxygen atoms in total. The third-order valence-corrected chi connectivity index (χ3v) is 3.72. The summed E-state index contributed by atoms with van der Waals surface area (Å²) >= 11 is 0. The van der Waals surface area contributed by atoms with Gasteiger partial charge in [-0.15, -0.1) is 0 Å². The summed E-state index contributed by atoms with van der Waals surface area (Å²) in [7, 11) is 0. The van der Waals surface area contributed by atoms with Gasteiger partial charge in [0.2, 0.25) is 0 Å². The first kappa shape index (κ1) is 15.0. The monoisotopic (exact) mass is 276 g/mol. The zero-order chi connectivity index (χ0) is 14.7. The molecule has 0 radical (unpaired) electrons. The normalized spacial score (nSPS) is 21.9. The van der Waals surface area contributed by atoms with Crippen LogP contribution in [0, 0.1) is 6.92 Å². The lowest BCUT2D eigenvalue weighted by atomic mass is 9.89. The Kier molecular flexibility index (Phi) is 4.81. The van der Waals surface area contributed by atoms with Crippen molar-refractivity contribution in [3.63, 3.8) is 0 Å². The van der Waals surface area contributed by atoms with E-state index in [9.17, 15) is 4.79 Å². The molecule has 1 aromatic carbocycles. The molecule has 1 aromatic rings. The number of benzene rings is 1. The summed E-state index contributed by atoms with van der Waals surface area (Å²) < 4.78 is 11.6. The van der Waals surface area contributed by atoms with Gasteiger partial charge in [0.1, 0.15) is 11.9 Å². The van der Waals surface area contributed by atoms with Crippen LogP contribution in [0.15, 0.2) is 18.2 Å². The Bertz CT molecular complexity index is 479. The van der Waals surface area contributed by atoms with Gasteiger partial charge in [-0.3, -0.25) is 4.79 Å². The number of ketones is 1. The molecule has 3 heteroatoms. The summed E-state index contributed by atoms with van der Waals surface area (Å²) in [6.07, 6.45) is 0.866. The fraction of sp³-hybridized carbons (Fsp3) is 0.588. The lowest BCUT2D eigenvalue weighted by Gasteiger charge is -2.35. The average Bonchev–Trinajstić information content (AvgIpc) is 2.40. The molecule has 1 aliphatic rings. The maximum atomic E-state index is 11.6. The van der Waals surface area contributed by atoms with Crippen molar-refractivity contribution >= 4 is 5.78 Å². The molecule has 2 atom stereocenters. The summed E-state index contributed by atoms with van der Waals surface area (Å²) in [5.41, 5.74) is 2.35. The molecule has 1 fully saturated rings. The molecule has 2 rings (SSSR count). The van der Waals surface area contributed by atoms with Gasteiger partial charge in [0.25, 0.3) is 0 Å². The quantitative estimate of drug-likeness (QED) is 0.796. The number of hydrogen-bond acceptors (Lipinski definition) is 3. The highest BCUT2D eigenvalue weighted by molar-refractivity contribution is 5.90. The van der Waals surface area contributed by atoms with E-state index in [1.807, 2.05) is 13.8 Å². The number of Topliss-reactive ketones (excluding diaryl/α,β-unsaturated/α-hetero) is 1. The van der Waals surface area contributed by atoms with Crippen molar-refractivity contribution < 1.29 is 14.3 Å². The van der Waals surface area contributed by atoms with Crippen LogP contribution in [0.25, 0.3) is 0 Å². The molecule has 1 saturated carbocycles. The van der Waals surface area contributed by atoms with Crippen molar-refractivity contribution in [3.8, 4) is 5.75 Å². The highest BCUT2D eigenvalue weighted by atomic mass is 16.5. The van der Waals surface area contributed by atoms with Crippen LogP contribution in [0.4, 0.5) is 0 Å². The summed E-state index contributed by atoms with van der Waals surface area (Å²) in [6.45, 7) is 9.00. The van der Waals surface area contributed by atoms with Crippen molar-refractivity contribution in [2.75, 3.05) is 6.61 Å². The topological polar surface area (TPSA) is 35.5 Å². The Hall–Kier alpha value is -1.35. The number of ether oxygens (including phenoxy) is 2. The van der Waals surface area contributed by atoms with Crippen LogP contribution >= 0.6 is 0 Å². The van der Waals surface area contributed by atoms with Crippen LogP contribution in [0.5, 0.6) is 5.75 Å². The number of hydrogen-bond donors (Lipinski definition) is 0. The zero-order valence-electron chi connectivity index (χ0n) is 12.8. The first-order valence-electron chi connectivity index (χ1n) is 7.44. The Balaban J connectivity index is 2.06. The second kappa shape index (κ2) is 6.40. The Morgan fingerprint density at radius 3 is 2.70 bits per heavy atom. The molecular formula is C17H24O3. The number of carbonyl (C=O) groups excluding carboxylic acids is 1. The first-order valence-corrected chi connectivity index (χ1v) is 7.44. The molecule has 0 bridgehead atoms. The standard InChI is InChI=1S/C17H24O3/c1-5-8-19-17-14(18)10-16(17)20-15-9-13(11(2)3)7-6-12(15)4/h6-7,9,11,16-17H,5,8,10H2,1-4H3. The minimum atomic E-state index is -0.378. The molecule has 0 saturated heterocycles. The highest BCUT2D eigenvalue weighted by Crippen LogP contribution is 2.30. The van der Waals surface area contributed by atoms with Gasteiger partial charge >= 0.3 is 0 Å². The van der Waals surface area contributed by atoms with E-state index in [-0.39, 0.29) is 18.0 Å². The Morgan fingerprint density at radius 2 is 2.10 bits per heavy atom. The SMILES string of the molecule is CCCOC1C(=O)CC1Oc1cc(C(C)C)ccc1C. The molecule has 20 heavy (non-hydrogen) atoms. The third-order valence-electron chi connectivity index (χ3n) is 3.72. The Labute approximate surface area is 121 Å². The smallest absolute Gasteiger partial charge is 0.169 e. The van der Waals surface area contributed by atoms with Gasteiger partial charge in [-0.1, -0.05) is 32.9 Å². The molecule has 0 aliphatic heterocycles. The summed E-state index contributed by atoms with van der Waals surface area (Å²) in [6, 6.07) is 6.29. The van der Waals surface area contributed by atoms with Crippen LogP contribution < -0.4 is 4.74 Å². The van der Waals surface area contributed by atoms with Gasteiger partial charge in [0.15, 0.2) is 11.9 Å². The second-order valence-electron chi connectivity index (χ2n) is 5.80. The predicted octanol–water partition coefficient (Wildman–Crippen LogP) is 3.63. The van der Waals surface area contributed by atoms with E-state index in [1.165, 1.54) is 5.56 Å². The van der Waals surface area contributed by atoms with Crippen LogP contribution in [0.2, 0.25) is 0 Å². The lowest BCUT2D eigenvalue weighted by Crippen LogP contribution is -2.52. The predicted molar refractivity (Wildman–Crippen MR) is 79.3 cm³/mol. The van der Waals surface area contributed by atoms with Crippen molar-refractivity contribution in [2.45, 2.75) is 58.7 Å². The van der Waals surface area contributed by atoms with E-state index >= 15 is 0 Å². The molecule has 0 N–H and O–H groups in total. The fourth-order valence-electron chi connectivity index (χ4n) is 2.28. The lowest BCUT2D eigenvalue weighted by molar-refractivity contribution is -0.154. The van der Waals surface area contributed by atoms with E-state index in [0.29, 0.717) is 18.9 Å². The van der Waals surface area contributed by atoms with E-state index < -0.39 is 0 Å². The third kappa shape index (κ3) is 3.21. The highest BCUT2D eigenvalue weighted by Gasteiger charge is 2.42. The summed E-state index contributed by atoms with van der Waals surface area (Å²) in [5.74, 6) is 1.49. The fourth-order valence-corrected chi connectivity index (χ4v) is 2.28. The van der Waals surface area contributed by atoms with E-state index in [4.69, 9.17) is 9.47 Å². The maximum Gasteiger partial charge on any atom is 0.169 e. The summed E-state index contributed by atoms with van der Waals surface area (Å²) in [5, 5.41) is 0. The number of carbonyl (C=O) groups is 1. The van der Waals surface area contributed by atoms with Gasteiger partial charge in [-0.2, -0.15) is 0 Å². The number of aryl methyl sites for hydroxylation is 1. The molecule has 110 valence electrons. The van der Waals surface area contributed by atoms with Gasteiger partial charge < -0.3 is 9.47 Å². The van der Waals surface area contributed by atoms with Crippen LogP contribution in [-0.4, -0.2) is 24.6 Å². The minimum absolute atomic E-state index is 0.129. The van der Waals surface area contributed by atoms with Crippen molar-refractivity contribution in [1.29, 1.82) is 0 Å². The molecular weight excluding hydrogens is 252 g/mol. The van der Waals surface area contributed by atoms with Gasteiger partial charge in [-0.05, 0) is 36.5 Å². The van der Waals surface area contributed by atoms with Gasteiger partial charge in [0, 0.05) is 13.0 Å². The molecule has 0 aromatic heterocycles. The van der Waals surface area contributed by atoms with Crippen LogP contribution in [0.1, 0.15) is 50.7 Å². The second-order valence-corrected chi connectivity index (χ2v) is 5.80. The van der Waals surface area contributed by atoms with E-state index in [2.05, 4.69) is 32.0 Å². The van der Waals surface area contributed by atoms with Crippen LogP contribution in [-0.2, 0) is 9.53 Å². The van der Waals surface area contributed by atoms with Crippen molar-refractivity contribution in [2.24, 2.45) is 0 Å². The van der Waals surface area contributed by atoms with Crippen molar-refractivity contribution in [3.05, 3.63) is 29.3 Å². The number of rotatable bonds is 6. The average molecular weight is 276 g/mol. The minimum Gasteiger partial charge on any atom is -0.486 e. The molecule has 2 unspecified atom stereocenters. The first-order chi connectivity index (χ1) is 9.52.